The molecule has 0 saturated carbocycles. The predicted molar refractivity (Wildman–Crippen MR) is 105 cm³/mol. The number of hydrogen-bond donors (Lipinski definition) is 3. The molecule has 1 fully saturated rings. The van der Waals surface area contributed by atoms with Gasteiger partial charge in [-0.15, -0.1) is 0 Å². The Labute approximate surface area is 149 Å². The Morgan fingerprint density at radius 1 is 1.20 bits per heavy atom. The van der Waals surface area contributed by atoms with Crippen LogP contribution in [0.4, 0.5) is 11.5 Å². The van der Waals surface area contributed by atoms with Crippen LogP contribution in [0.15, 0.2) is 12.1 Å². The zero-order valence-electron chi connectivity index (χ0n) is 14.9. The van der Waals surface area contributed by atoms with E-state index in [9.17, 15) is 0 Å². The van der Waals surface area contributed by atoms with Gasteiger partial charge in [0.1, 0.15) is 5.82 Å². The van der Waals surface area contributed by atoms with Crippen molar-refractivity contribution in [3.05, 3.63) is 28.8 Å². The molecule has 2 aromatic rings. The van der Waals surface area contributed by atoms with Crippen LogP contribution in [-0.2, 0) is 12.8 Å². The van der Waals surface area contributed by atoms with Gasteiger partial charge in [-0.25, -0.2) is 4.98 Å². The van der Waals surface area contributed by atoms with Crippen molar-refractivity contribution in [2.75, 3.05) is 30.8 Å². The van der Waals surface area contributed by atoms with Gasteiger partial charge in [0.05, 0.1) is 5.52 Å². The molecule has 0 unspecified atom stereocenters. The molecular formula is C20H27N5. The van der Waals surface area contributed by atoms with Crippen LogP contribution in [-0.4, -0.2) is 37.4 Å². The summed E-state index contributed by atoms with van der Waals surface area (Å²) in [6, 6.07) is 4.54. The van der Waals surface area contributed by atoms with Crippen molar-refractivity contribution in [2.45, 2.75) is 44.6 Å². The number of aromatic nitrogens is 1. The third-order valence-corrected chi connectivity index (χ3v) is 5.87. The first-order valence-corrected chi connectivity index (χ1v) is 9.39. The molecule has 4 rings (SSSR count). The first-order valence-electron chi connectivity index (χ1n) is 9.39. The van der Waals surface area contributed by atoms with Crippen LogP contribution in [0.5, 0.6) is 0 Å². The number of hydrogen-bond acceptors (Lipinski definition) is 5. The molecule has 0 radical (unpaired) electrons. The quantitative estimate of drug-likeness (QED) is 0.594. The van der Waals surface area contributed by atoms with Crippen LogP contribution in [0.1, 0.15) is 42.4 Å². The average molecular weight is 337 g/mol. The number of benzene rings is 1. The van der Waals surface area contributed by atoms with Crippen molar-refractivity contribution in [2.24, 2.45) is 0 Å². The van der Waals surface area contributed by atoms with Crippen molar-refractivity contribution < 1.29 is 0 Å². The lowest BCUT2D eigenvalue weighted by Gasteiger charge is -2.35. The van der Waals surface area contributed by atoms with E-state index in [1.165, 1.54) is 48.8 Å². The van der Waals surface area contributed by atoms with Crippen LogP contribution >= 0.6 is 0 Å². The molecule has 1 aliphatic heterocycles. The number of aryl methyl sites for hydroxylation is 1. The van der Waals surface area contributed by atoms with Crippen LogP contribution < -0.4 is 16.0 Å². The van der Waals surface area contributed by atoms with Crippen molar-refractivity contribution >= 4 is 28.6 Å². The number of nitrogens with zero attached hydrogens (tertiary/aromatic N) is 2. The topological polar surface area (TPSA) is 78.0 Å². The second-order valence-corrected chi connectivity index (χ2v) is 7.26. The number of pyridine rings is 1. The maximum Gasteiger partial charge on any atom is 0.132 e. The van der Waals surface area contributed by atoms with Gasteiger partial charge in [0.25, 0.3) is 0 Å². The SMILES string of the molecule is CNC1CCN(c2nc3ccc(N)c(C=N)c3c3c2CCCC3)CC1. The van der Waals surface area contributed by atoms with Crippen molar-refractivity contribution in [3.63, 3.8) is 0 Å². The molecular weight excluding hydrogens is 310 g/mol. The highest BCUT2D eigenvalue weighted by Gasteiger charge is 2.26. The van der Waals surface area contributed by atoms with E-state index in [1.807, 2.05) is 12.1 Å². The Hall–Kier alpha value is -2.14. The molecule has 0 amide bonds. The summed E-state index contributed by atoms with van der Waals surface area (Å²) in [4.78, 5) is 7.53. The average Bonchev–Trinajstić information content (AvgIpc) is 2.67. The normalized spacial score (nSPS) is 18.4. The molecule has 2 aliphatic rings. The van der Waals surface area contributed by atoms with E-state index >= 15 is 0 Å². The van der Waals surface area contributed by atoms with Gasteiger partial charge in [0, 0.05) is 42.0 Å². The molecule has 5 heteroatoms. The van der Waals surface area contributed by atoms with E-state index < -0.39 is 0 Å². The summed E-state index contributed by atoms with van der Waals surface area (Å²) in [7, 11) is 2.06. The number of nitrogens with one attached hydrogen (secondary N) is 2. The molecule has 1 aromatic heterocycles. The molecule has 1 saturated heterocycles. The summed E-state index contributed by atoms with van der Waals surface area (Å²) in [5, 5.41) is 12.3. The molecule has 0 spiro atoms. The zero-order valence-corrected chi connectivity index (χ0v) is 14.9. The molecule has 132 valence electrons. The minimum Gasteiger partial charge on any atom is -0.398 e. The number of anilines is 2. The van der Waals surface area contributed by atoms with Gasteiger partial charge in [-0.2, -0.15) is 0 Å². The molecule has 25 heavy (non-hydrogen) atoms. The van der Waals surface area contributed by atoms with E-state index in [4.69, 9.17) is 16.1 Å². The van der Waals surface area contributed by atoms with Gasteiger partial charge in [-0.05, 0) is 68.8 Å². The van der Waals surface area contributed by atoms with Crippen LogP contribution in [0, 0.1) is 5.41 Å². The Morgan fingerprint density at radius 3 is 2.60 bits per heavy atom. The summed E-state index contributed by atoms with van der Waals surface area (Å²) in [6.07, 6.45) is 8.32. The minimum atomic E-state index is 0.622. The predicted octanol–water partition coefficient (Wildman–Crippen LogP) is 2.88. The highest BCUT2D eigenvalue weighted by Crippen LogP contribution is 2.37. The van der Waals surface area contributed by atoms with E-state index in [-0.39, 0.29) is 0 Å². The summed E-state index contributed by atoms with van der Waals surface area (Å²) < 4.78 is 0. The number of rotatable bonds is 3. The van der Waals surface area contributed by atoms with Gasteiger partial charge < -0.3 is 21.4 Å². The summed E-state index contributed by atoms with van der Waals surface area (Å²) >= 11 is 0. The number of piperidine rings is 1. The van der Waals surface area contributed by atoms with Gasteiger partial charge in [0.2, 0.25) is 0 Å². The van der Waals surface area contributed by atoms with E-state index in [2.05, 4.69) is 17.3 Å². The Bertz CT molecular complexity index is 806. The van der Waals surface area contributed by atoms with E-state index in [0.717, 1.165) is 42.4 Å². The van der Waals surface area contributed by atoms with Gasteiger partial charge in [0.15, 0.2) is 0 Å². The first kappa shape index (κ1) is 16.3. The molecule has 1 aliphatic carbocycles. The highest BCUT2D eigenvalue weighted by atomic mass is 15.2. The number of nitrogens with two attached hydrogens (primary N) is 1. The van der Waals surface area contributed by atoms with Crippen LogP contribution in [0.25, 0.3) is 10.9 Å². The molecule has 5 nitrogen and oxygen atoms in total. The van der Waals surface area contributed by atoms with E-state index in [1.54, 1.807) is 0 Å². The smallest absolute Gasteiger partial charge is 0.132 e. The molecule has 2 heterocycles. The van der Waals surface area contributed by atoms with Crippen LogP contribution in [0.2, 0.25) is 0 Å². The minimum absolute atomic E-state index is 0.622. The van der Waals surface area contributed by atoms with Gasteiger partial charge in [-0.3, -0.25) is 0 Å². The third kappa shape index (κ3) is 2.76. The largest absolute Gasteiger partial charge is 0.398 e. The maximum absolute atomic E-state index is 7.83. The Kier molecular flexibility index (Phi) is 4.34. The van der Waals surface area contributed by atoms with Crippen molar-refractivity contribution in [1.82, 2.24) is 10.3 Å². The lowest BCUT2D eigenvalue weighted by atomic mass is 9.87. The summed E-state index contributed by atoms with van der Waals surface area (Å²) in [5.41, 5.74) is 11.4. The number of nitrogen functional groups attached to an aromatic ring is 1. The molecule has 0 bridgehead atoms. The maximum atomic E-state index is 7.83. The lowest BCUT2D eigenvalue weighted by Crippen LogP contribution is -2.42. The summed E-state index contributed by atoms with van der Waals surface area (Å²) in [5.74, 6) is 1.18. The Balaban J connectivity index is 1.86. The molecule has 0 atom stereocenters. The van der Waals surface area contributed by atoms with E-state index in [0.29, 0.717) is 11.7 Å². The zero-order chi connectivity index (χ0) is 17.4. The fourth-order valence-corrected chi connectivity index (χ4v) is 4.44. The fraction of sp³-hybridized carbons (Fsp3) is 0.500. The van der Waals surface area contributed by atoms with Crippen LogP contribution in [0.3, 0.4) is 0 Å². The van der Waals surface area contributed by atoms with Crippen molar-refractivity contribution in [1.29, 1.82) is 5.41 Å². The standard InChI is InChI=1S/C20H27N5/c1-23-13-8-10-25(11-9-13)20-15-5-3-2-4-14(15)19-16(12-21)17(22)6-7-18(19)24-20/h6-7,12-13,21,23H,2-5,8-11,22H2,1H3. The lowest BCUT2D eigenvalue weighted by molar-refractivity contribution is 0.440. The summed E-state index contributed by atoms with van der Waals surface area (Å²) in [6.45, 7) is 2.12. The first-order chi connectivity index (χ1) is 12.2. The highest BCUT2D eigenvalue weighted by molar-refractivity contribution is 6.05. The fourth-order valence-electron chi connectivity index (χ4n) is 4.44. The monoisotopic (exact) mass is 337 g/mol. The van der Waals surface area contributed by atoms with Gasteiger partial charge >= 0.3 is 0 Å². The number of fused-ring (bicyclic) bond motifs is 3. The van der Waals surface area contributed by atoms with Crippen molar-refractivity contribution in [3.8, 4) is 0 Å². The second-order valence-electron chi connectivity index (χ2n) is 7.26. The third-order valence-electron chi connectivity index (χ3n) is 5.87. The molecule has 4 N–H and O–H groups in total. The van der Waals surface area contributed by atoms with Gasteiger partial charge in [-0.1, -0.05) is 0 Å². The molecule has 1 aromatic carbocycles. The Morgan fingerprint density at radius 2 is 1.92 bits per heavy atom. The second kappa shape index (κ2) is 6.64.